The van der Waals surface area contributed by atoms with Crippen molar-refractivity contribution >= 4 is 11.3 Å². The molecule has 0 N–H and O–H groups in total. The molecule has 0 radical (unpaired) electrons. The van der Waals surface area contributed by atoms with E-state index in [0.29, 0.717) is 0 Å². The van der Waals surface area contributed by atoms with Gasteiger partial charge >= 0.3 is 12.4 Å². The maximum absolute atomic E-state index is 12.1. The van der Waals surface area contributed by atoms with Crippen LogP contribution >= 0.6 is 11.3 Å². The third-order valence-electron chi connectivity index (χ3n) is 1.53. The zero-order valence-electron chi connectivity index (χ0n) is 6.49. The summed E-state index contributed by atoms with van der Waals surface area (Å²) in [4.78, 5) is 0. The molecule has 0 amide bonds. The van der Waals surface area contributed by atoms with Crippen LogP contribution in [0.2, 0.25) is 0 Å². The third kappa shape index (κ3) is 2.40. The van der Waals surface area contributed by atoms with E-state index in [9.17, 15) is 26.3 Å². The summed E-state index contributed by atoms with van der Waals surface area (Å²) in [6.45, 7) is 0. The predicted molar refractivity (Wildman–Crippen MR) is 39.2 cm³/mol. The number of alkyl halides is 6. The summed E-state index contributed by atoms with van der Waals surface area (Å²) in [6, 6.07) is 0.830. The number of thiophene rings is 1. The molecule has 0 saturated heterocycles. The molecule has 0 aliphatic carbocycles. The van der Waals surface area contributed by atoms with Crippen molar-refractivity contribution in [3.63, 3.8) is 0 Å². The molecule has 7 heteroatoms. The molecular formula is C7H4F6S. The minimum absolute atomic E-state index is 0.755. The lowest BCUT2D eigenvalue weighted by molar-refractivity contribution is -0.253. The van der Waals surface area contributed by atoms with Gasteiger partial charge in [0.25, 0.3) is 0 Å². The highest BCUT2D eigenvalue weighted by molar-refractivity contribution is 7.08. The number of hydrogen-bond acceptors (Lipinski definition) is 1. The number of hydrogen-bond donors (Lipinski definition) is 0. The maximum Gasteiger partial charge on any atom is 0.404 e. The molecule has 1 heterocycles. The second-order valence-corrected chi connectivity index (χ2v) is 3.35. The van der Waals surface area contributed by atoms with Crippen molar-refractivity contribution < 1.29 is 26.3 Å². The Morgan fingerprint density at radius 3 is 1.79 bits per heavy atom. The summed E-state index contributed by atoms with van der Waals surface area (Å²) in [5, 5.41) is 2.03. The first-order valence-corrected chi connectivity index (χ1v) is 4.32. The van der Waals surface area contributed by atoms with E-state index in [1.165, 1.54) is 5.38 Å². The first kappa shape index (κ1) is 11.4. The molecule has 1 aromatic rings. The predicted octanol–water partition coefficient (Wildman–Crippen LogP) is 3.96. The Morgan fingerprint density at radius 1 is 1.00 bits per heavy atom. The fourth-order valence-corrected chi connectivity index (χ4v) is 1.69. The normalized spacial score (nSPS) is 13.6. The molecule has 0 aliphatic heterocycles. The van der Waals surface area contributed by atoms with Crippen LogP contribution in [-0.4, -0.2) is 12.4 Å². The Hall–Kier alpha value is -0.720. The van der Waals surface area contributed by atoms with Crippen LogP contribution in [0.3, 0.4) is 0 Å². The van der Waals surface area contributed by atoms with Crippen LogP contribution in [0, 0.1) is 0 Å². The van der Waals surface area contributed by atoms with E-state index < -0.39 is 23.8 Å². The van der Waals surface area contributed by atoms with Crippen molar-refractivity contribution in [3.05, 3.63) is 22.4 Å². The van der Waals surface area contributed by atoms with E-state index in [-0.39, 0.29) is 0 Å². The highest BCUT2D eigenvalue weighted by Gasteiger charge is 2.57. The lowest BCUT2D eigenvalue weighted by atomic mass is 10.0. The molecule has 0 fully saturated rings. The lowest BCUT2D eigenvalue weighted by Gasteiger charge is -2.21. The Balaban J connectivity index is 3.08. The van der Waals surface area contributed by atoms with Crippen molar-refractivity contribution in [2.24, 2.45) is 0 Å². The topological polar surface area (TPSA) is 0 Å². The fourth-order valence-electron chi connectivity index (χ4n) is 1.00. The zero-order chi connectivity index (χ0) is 11.0. The molecule has 0 nitrogen and oxygen atoms in total. The van der Waals surface area contributed by atoms with Crippen LogP contribution in [0.1, 0.15) is 11.5 Å². The van der Waals surface area contributed by atoms with Gasteiger partial charge in [-0.05, 0) is 22.4 Å². The smallest absolute Gasteiger partial charge is 0.170 e. The molecule has 0 spiro atoms. The Bertz CT molecular complexity index is 268. The van der Waals surface area contributed by atoms with Crippen LogP contribution in [0.5, 0.6) is 0 Å². The summed E-state index contributed by atoms with van der Waals surface area (Å²) < 4.78 is 72.4. The summed E-state index contributed by atoms with van der Waals surface area (Å²) in [7, 11) is 0. The highest BCUT2D eigenvalue weighted by Crippen LogP contribution is 2.46. The molecule has 0 aliphatic rings. The summed E-state index contributed by atoms with van der Waals surface area (Å²) in [5.74, 6) is -3.37. The van der Waals surface area contributed by atoms with Gasteiger partial charge in [-0.3, -0.25) is 0 Å². The molecular weight excluding hydrogens is 230 g/mol. The molecule has 0 unspecified atom stereocenters. The number of halogens is 6. The summed E-state index contributed by atoms with van der Waals surface area (Å²) in [6.07, 6.45) is -10.6. The van der Waals surface area contributed by atoms with Gasteiger partial charge in [0.05, 0.1) is 0 Å². The third-order valence-corrected chi connectivity index (χ3v) is 2.23. The zero-order valence-corrected chi connectivity index (χ0v) is 7.30. The first-order chi connectivity index (χ1) is 6.23. The van der Waals surface area contributed by atoms with Crippen LogP contribution in [-0.2, 0) is 0 Å². The van der Waals surface area contributed by atoms with E-state index in [1.807, 2.05) is 0 Å². The molecule has 0 aromatic carbocycles. The average Bonchev–Trinajstić information content (AvgIpc) is 2.31. The van der Waals surface area contributed by atoms with Crippen LogP contribution in [0.15, 0.2) is 16.8 Å². The van der Waals surface area contributed by atoms with Gasteiger partial charge in [-0.25, -0.2) is 0 Å². The Labute approximate surface area is 79.2 Å². The molecule has 0 atom stereocenters. The summed E-state index contributed by atoms with van der Waals surface area (Å²) in [5.41, 5.74) is -0.755. The highest BCUT2D eigenvalue weighted by atomic mass is 32.1. The molecule has 1 aromatic heterocycles. The van der Waals surface area contributed by atoms with Gasteiger partial charge in [-0.1, -0.05) is 0 Å². The minimum atomic E-state index is -5.29. The molecule has 0 bridgehead atoms. The monoisotopic (exact) mass is 234 g/mol. The molecule has 0 saturated carbocycles. The van der Waals surface area contributed by atoms with Crippen LogP contribution in [0.25, 0.3) is 0 Å². The van der Waals surface area contributed by atoms with Crippen molar-refractivity contribution in [1.82, 2.24) is 0 Å². The van der Waals surface area contributed by atoms with E-state index in [2.05, 4.69) is 0 Å². The minimum Gasteiger partial charge on any atom is -0.170 e. The number of rotatable bonds is 1. The van der Waals surface area contributed by atoms with Crippen molar-refractivity contribution in [2.75, 3.05) is 0 Å². The Kier molecular flexibility index (Phi) is 2.80. The average molecular weight is 234 g/mol. The van der Waals surface area contributed by atoms with E-state index in [4.69, 9.17) is 0 Å². The van der Waals surface area contributed by atoms with E-state index >= 15 is 0 Å². The van der Waals surface area contributed by atoms with Crippen LogP contribution in [0.4, 0.5) is 26.3 Å². The van der Waals surface area contributed by atoms with Gasteiger partial charge in [0.2, 0.25) is 0 Å². The van der Waals surface area contributed by atoms with Crippen molar-refractivity contribution in [2.45, 2.75) is 18.3 Å². The van der Waals surface area contributed by atoms with Gasteiger partial charge in [-0.2, -0.15) is 37.7 Å². The van der Waals surface area contributed by atoms with Gasteiger partial charge < -0.3 is 0 Å². The van der Waals surface area contributed by atoms with Gasteiger partial charge in [0.15, 0.2) is 5.92 Å². The molecule has 1 rings (SSSR count). The summed E-state index contributed by atoms with van der Waals surface area (Å²) >= 11 is 0.800. The van der Waals surface area contributed by atoms with Gasteiger partial charge in [-0.15, -0.1) is 0 Å². The SMILES string of the molecule is FC(F)(F)C(c1ccsc1)C(F)(F)F. The maximum atomic E-state index is 12.1. The van der Waals surface area contributed by atoms with E-state index in [1.54, 1.807) is 0 Å². The van der Waals surface area contributed by atoms with Gasteiger partial charge in [0.1, 0.15) is 0 Å². The Morgan fingerprint density at radius 2 is 1.50 bits per heavy atom. The molecule has 80 valence electrons. The van der Waals surface area contributed by atoms with E-state index in [0.717, 1.165) is 22.8 Å². The lowest BCUT2D eigenvalue weighted by Crippen LogP contribution is -2.33. The van der Waals surface area contributed by atoms with Crippen LogP contribution < -0.4 is 0 Å². The molecule has 14 heavy (non-hydrogen) atoms. The first-order valence-electron chi connectivity index (χ1n) is 3.38. The second kappa shape index (κ2) is 3.45. The van der Waals surface area contributed by atoms with Crippen molar-refractivity contribution in [3.8, 4) is 0 Å². The quantitative estimate of drug-likeness (QED) is 0.645. The largest absolute Gasteiger partial charge is 0.404 e. The van der Waals surface area contributed by atoms with Gasteiger partial charge in [0, 0.05) is 0 Å². The fraction of sp³-hybridized carbons (Fsp3) is 0.429. The second-order valence-electron chi connectivity index (χ2n) is 2.57. The van der Waals surface area contributed by atoms with Crippen molar-refractivity contribution in [1.29, 1.82) is 0 Å². The standard InChI is InChI=1S/C7H4F6S/c8-6(9,10)5(7(11,12)13)4-1-2-14-3-4/h1-3,5H.